The minimum atomic E-state index is -0.343. The number of carbonyl (C=O) groups excluding carboxylic acids is 1. The minimum Gasteiger partial charge on any atom is -0.497 e. The highest BCUT2D eigenvalue weighted by molar-refractivity contribution is 9.10. The lowest BCUT2D eigenvalue weighted by Gasteiger charge is -2.13. The largest absolute Gasteiger partial charge is 0.497 e. The van der Waals surface area contributed by atoms with Gasteiger partial charge < -0.3 is 14.2 Å². The second-order valence-electron chi connectivity index (χ2n) is 6.38. The van der Waals surface area contributed by atoms with E-state index in [1.165, 1.54) is 25.5 Å². The molecule has 160 valence electrons. The molecule has 8 heteroatoms. The van der Waals surface area contributed by atoms with E-state index in [0.717, 1.165) is 5.56 Å². The van der Waals surface area contributed by atoms with Crippen LogP contribution in [0.2, 0.25) is 0 Å². The predicted molar refractivity (Wildman–Crippen MR) is 119 cm³/mol. The third kappa shape index (κ3) is 6.05. The van der Waals surface area contributed by atoms with Gasteiger partial charge in [-0.1, -0.05) is 12.1 Å². The normalized spacial score (nSPS) is 10.7. The molecule has 0 spiro atoms. The lowest BCUT2D eigenvalue weighted by Crippen LogP contribution is -2.17. The van der Waals surface area contributed by atoms with E-state index in [1.807, 2.05) is 0 Å². The summed E-state index contributed by atoms with van der Waals surface area (Å²) in [5.74, 6) is 1.01. The number of ether oxygens (including phenoxy) is 3. The fourth-order valence-corrected chi connectivity index (χ4v) is 3.24. The highest BCUT2D eigenvalue weighted by Crippen LogP contribution is 2.36. The van der Waals surface area contributed by atoms with Gasteiger partial charge in [0.15, 0.2) is 11.5 Å². The van der Waals surface area contributed by atoms with Gasteiger partial charge in [0.1, 0.15) is 18.2 Å². The zero-order chi connectivity index (χ0) is 22.2. The summed E-state index contributed by atoms with van der Waals surface area (Å²) in [5.41, 5.74) is 4.45. The number of methoxy groups -OCH3 is 2. The zero-order valence-electron chi connectivity index (χ0n) is 16.9. The molecular formula is C23H20BrFN2O4. The number of hydrogen-bond donors (Lipinski definition) is 1. The Bertz CT molecular complexity index is 1070. The molecule has 6 nitrogen and oxygen atoms in total. The van der Waals surface area contributed by atoms with Crippen LogP contribution in [0.15, 0.2) is 70.2 Å². The van der Waals surface area contributed by atoms with Crippen molar-refractivity contribution in [1.82, 2.24) is 5.43 Å². The first kappa shape index (κ1) is 22.3. The van der Waals surface area contributed by atoms with E-state index in [9.17, 15) is 9.18 Å². The molecule has 0 bridgehead atoms. The van der Waals surface area contributed by atoms with Crippen LogP contribution in [0.4, 0.5) is 4.39 Å². The lowest BCUT2D eigenvalue weighted by molar-refractivity contribution is 0.0955. The summed E-state index contributed by atoms with van der Waals surface area (Å²) < 4.78 is 30.0. The molecule has 31 heavy (non-hydrogen) atoms. The van der Waals surface area contributed by atoms with E-state index in [4.69, 9.17) is 14.2 Å². The van der Waals surface area contributed by atoms with Crippen molar-refractivity contribution in [3.63, 3.8) is 0 Å². The topological polar surface area (TPSA) is 69.2 Å². The summed E-state index contributed by atoms with van der Waals surface area (Å²) in [6, 6.07) is 16.3. The summed E-state index contributed by atoms with van der Waals surface area (Å²) in [7, 11) is 3.09. The van der Waals surface area contributed by atoms with E-state index >= 15 is 0 Å². The van der Waals surface area contributed by atoms with Crippen LogP contribution >= 0.6 is 15.9 Å². The molecule has 0 unspecified atom stereocenters. The van der Waals surface area contributed by atoms with Crippen LogP contribution in [0.3, 0.4) is 0 Å². The van der Waals surface area contributed by atoms with Crippen LogP contribution < -0.4 is 19.6 Å². The van der Waals surface area contributed by atoms with Crippen LogP contribution in [0.1, 0.15) is 21.5 Å². The summed E-state index contributed by atoms with van der Waals surface area (Å²) in [6.45, 7) is 0.251. The molecule has 0 saturated carbocycles. The molecule has 0 radical (unpaired) electrons. The Labute approximate surface area is 187 Å². The molecule has 0 saturated heterocycles. The van der Waals surface area contributed by atoms with Gasteiger partial charge in [-0.15, -0.1) is 0 Å². The summed E-state index contributed by atoms with van der Waals surface area (Å²) in [6.07, 6.45) is 1.50. The van der Waals surface area contributed by atoms with Crippen molar-refractivity contribution >= 4 is 28.1 Å². The van der Waals surface area contributed by atoms with Gasteiger partial charge in [-0.25, -0.2) is 9.82 Å². The molecule has 3 aromatic carbocycles. The Morgan fingerprint density at radius 2 is 1.77 bits per heavy atom. The van der Waals surface area contributed by atoms with Crippen molar-refractivity contribution in [3.8, 4) is 17.2 Å². The number of nitrogens with zero attached hydrogens (tertiary/aromatic N) is 1. The van der Waals surface area contributed by atoms with Gasteiger partial charge in [0, 0.05) is 5.56 Å². The van der Waals surface area contributed by atoms with E-state index in [-0.39, 0.29) is 18.3 Å². The van der Waals surface area contributed by atoms with Crippen molar-refractivity contribution in [1.29, 1.82) is 0 Å². The molecule has 3 rings (SSSR count). The van der Waals surface area contributed by atoms with Crippen LogP contribution in [-0.4, -0.2) is 26.3 Å². The van der Waals surface area contributed by atoms with Crippen LogP contribution in [0, 0.1) is 5.82 Å². The first-order valence-corrected chi connectivity index (χ1v) is 10.0. The molecular weight excluding hydrogens is 467 g/mol. The van der Waals surface area contributed by atoms with Gasteiger partial charge in [0.05, 0.1) is 24.9 Å². The molecule has 0 aliphatic carbocycles. The lowest BCUT2D eigenvalue weighted by atomic mass is 10.2. The molecule has 3 aromatic rings. The molecule has 0 atom stereocenters. The molecule has 0 aliphatic heterocycles. The number of hydrazone groups is 1. The quantitative estimate of drug-likeness (QED) is 0.361. The van der Waals surface area contributed by atoms with Gasteiger partial charge in [-0.3, -0.25) is 4.79 Å². The van der Waals surface area contributed by atoms with Gasteiger partial charge in [0.25, 0.3) is 5.91 Å². The molecule has 0 heterocycles. The van der Waals surface area contributed by atoms with E-state index < -0.39 is 0 Å². The molecule has 1 N–H and O–H groups in total. The Kier molecular flexibility index (Phi) is 7.61. The fourth-order valence-electron chi connectivity index (χ4n) is 2.66. The third-order valence-electron chi connectivity index (χ3n) is 4.28. The monoisotopic (exact) mass is 486 g/mol. The van der Waals surface area contributed by atoms with Crippen LogP contribution in [0.25, 0.3) is 0 Å². The van der Waals surface area contributed by atoms with Gasteiger partial charge in [-0.05, 0) is 75.6 Å². The maximum atomic E-state index is 13.0. The first-order chi connectivity index (χ1) is 15.0. The SMILES string of the molecule is COc1ccc(C(=O)N/N=C/c2cc(Br)c(OCc3ccc(F)cc3)c(OC)c2)cc1. The number of carbonyl (C=O) groups is 1. The van der Waals surface area contributed by atoms with Crippen molar-refractivity contribution in [2.75, 3.05) is 14.2 Å². The average molecular weight is 487 g/mol. The predicted octanol–water partition coefficient (Wildman–Crippen LogP) is 4.95. The Morgan fingerprint density at radius 1 is 1.06 bits per heavy atom. The van der Waals surface area contributed by atoms with Gasteiger partial charge >= 0.3 is 0 Å². The highest BCUT2D eigenvalue weighted by Gasteiger charge is 2.12. The summed E-state index contributed by atoms with van der Waals surface area (Å²) in [5, 5.41) is 4.00. The molecule has 0 aromatic heterocycles. The molecule has 0 aliphatic rings. The first-order valence-electron chi connectivity index (χ1n) is 9.22. The average Bonchev–Trinajstić information content (AvgIpc) is 2.79. The number of hydrogen-bond acceptors (Lipinski definition) is 5. The molecule has 1 amide bonds. The zero-order valence-corrected chi connectivity index (χ0v) is 18.5. The van der Waals surface area contributed by atoms with E-state index in [0.29, 0.717) is 32.8 Å². The maximum Gasteiger partial charge on any atom is 0.271 e. The van der Waals surface area contributed by atoms with E-state index in [1.54, 1.807) is 55.6 Å². The van der Waals surface area contributed by atoms with Crippen LogP contribution in [0.5, 0.6) is 17.2 Å². The van der Waals surface area contributed by atoms with E-state index in [2.05, 4.69) is 26.5 Å². The smallest absolute Gasteiger partial charge is 0.271 e. The summed E-state index contributed by atoms with van der Waals surface area (Å²) in [4.78, 5) is 12.2. The summed E-state index contributed by atoms with van der Waals surface area (Å²) >= 11 is 3.47. The van der Waals surface area contributed by atoms with Crippen molar-refractivity contribution in [2.45, 2.75) is 6.61 Å². The van der Waals surface area contributed by atoms with Crippen molar-refractivity contribution in [2.24, 2.45) is 5.10 Å². The van der Waals surface area contributed by atoms with Crippen molar-refractivity contribution < 1.29 is 23.4 Å². The number of amides is 1. The second kappa shape index (κ2) is 10.6. The number of halogens is 2. The van der Waals surface area contributed by atoms with Gasteiger partial charge in [0.2, 0.25) is 0 Å². The number of nitrogens with one attached hydrogen (secondary N) is 1. The second-order valence-corrected chi connectivity index (χ2v) is 7.23. The third-order valence-corrected chi connectivity index (χ3v) is 4.87. The number of rotatable bonds is 8. The molecule has 0 fully saturated rings. The standard InChI is InChI=1S/C23H20BrFN2O4/c1-29-19-9-5-17(6-10-19)23(28)27-26-13-16-11-20(24)22(21(12-16)30-2)31-14-15-3-7-18(25)8-4-15/h3-13H,14H2,1-2H3,(H,27,28)/b26-13+. The Morgan fingerprint density at radius 3 is 2.42 bits per heavy atom. The van der Waals surface area contributed by atoms with Crippen molar-refractivity contribution in [3.05, 3.63) is 87.6 Å². The maximum absolute atomic E-state index is 13.0. The fraction of sp³-hybridized carbons (Fsp3) is 0.130. The number of benzene rings is 3. The minimum absolute atomic E-state index is 0.251. The van der Waals surface area contributed by atoms with Crippen LogP contribution in [-0.2, 0) is 6.61 Å². The van der Waals surface area contributed by atoms with Gasteiger partial charge in [-0.2, -0.15) is 5.10 Å². The Balaban J connectivity index is 1.66. The Hall–Kier alpha value is -3.39. The highest BCUT2D eigenvalue weighted by atomic mass is 79.9.